The quantitative estimate of drug-likeness (QED) is 0.675. The lowest BCUT2D eigenvalue weighted by atomic mass is 10.0. The van der Waals surface area contributed by atoms with Crippen LogP contribution in [0.5, 0.6) is 0 Å². The zero-order valence-corrected chi connectivity index (χ0v) is 16.0. The Balaban J connectivity index is 1.66. The summed E-state index contributed by atoms with van der Waals surface area (Å²) in [7, 11) is 0. The van der Waals surface area contributed by atoms with Crippen LogP contribution in [0.4, 0.5) is 0 Å². The van der Waals surface area contributed by atoms with Crippen LogP contribution in [-0.4, -0.2) is 21.2 Å². The maximum absolute atomic E-state index is 13.0. The van der Waals surface area contributed by atoms with Crippen molar-refractivity contribution in [1.82, 2.24) is 9.58 Å². The molecule has 0 N–H and O–H groups in total. The molecular formula is C21H18ClN3O3. The normalized spacial score (nSPS) is 16.3. The lowest BCUT2D eigenvalue weighted by Crippen LogP contribution is -2.34. The van der Waals surface area contributed by atoms with Crippen LogP contribution >= 0.6 is 11.6 Å². The van der Waals surface area contributed by atoms with Gasteiger partial charge in [-0.05, 0) is 42.8 Å². The molecule has 28 heavy (non-hydrogen) atoms. The Labute approximate surface area is 166 Å². The Morgan fingerprint density at radius 3 is 2.71 bits per heavy atom. The highest BCUT2D eigenvalue weighted by atomic mass is 35.5. The number of halogens is 1. The minimum absolute atomic E-state index is 0.0882. The number of hydrazone groups is 1. The van der Waals surface area contributed by atoms with E-state index in [1.807, 2.05) is 18.2 Å². The summed E-state index contributed by atoms with van der Waals surface area (Å²) in [6, 6.07) is 14.1. The third-order valence-electron chi connectivity index (χ3n) is 4.73. The highest BCUT2D eigenvalue weighted by Gasteiger charge is 2.34. The van der Waals surface area contributed by atoms with E-state index in [2.05, 4.69) is 5.10 Å². The Bertz CT molecular complexity index is 1080. The highest BCUT2D eigenvalue weighted by Crippen LogP contribution is 2.33. The molecule has 4 rings (SSSR count). The minimum Gasteiger partial charge on any atom is -0.467 e. The molecule has 0 saturated heterocycles. The molecule has 0 fully saturated rings. The van der Waals surface area contributed by atoms with E-state index in [9.17, 15) is 9.59 Å². The molecule has 1 aliphatic rings. The summed E-state index contributed by atoms with van der Waals surface area (Å²) in [6.07, 6.45) is 3.70. The molecule has 142 valence electrons. The summed E-state index contributed by atoms with van der Waals surface area (Å²) in [5.41, 5.74) is 2.06. The number of hydrogen-bond acceptors (Lipinski definition) is 4. The van der Waals surface area contributed by atoms with Gasteiger partial charge in [-0.1, -0.05) is 29.8 Å². The Morgan fingerprint density at radius 1 is 1.21 bits per heavy atom. The van der Waals surface area contributed by atoms with Gasteiger partial charge in [0.1, 0.15) is 18.3 Å². The SMILES string of the molecule is Cc1cccn(CC(=O)N2N=C(c3ccc(Cl)cc3)C[C@H]2c2ccco2)c1=O. The van der Waals surface area contributed by atoms with Gasteiger partial charge in [0.05, 0.1) is 12.0 Å². The van der Waals surface area contributed by atoms with E-state index in [1.165, 1.54) is 9.58 Å². The average Bonchev–Trinajstić information content (AvgIpc) is 3.35. The smallest absolute Gasteiger partial charge is 0.263 e. The monoisotopic (exact) mass is 395 g/mol. The van der Waals surface area contributed by atoms with Crippen LogP contribution in [0.25, 0.3) is 0 Å². The number of rotatable bonds is 4. The van der Waals surface area contributed by atoms with Crippen LogP contribution in [-0.2, 0) is 11.3 Å². The molecule has 3 aromatic rings. The van der Waals surface area contributed by atoms with Crippen LogP contribution in [0.3, 0.4) is 0 Å². The Hall–Kier alpha value is -3.12. The second kappa shape index (κ2) is 7.48. The second-order valence-corrected chi connectivity index (χ2v) is 7.09. The predicted octanol–water partition coefficient (Wildman–Crippen LogP) is 3.78. The van der Waals surface area contributed by atoms with Crippen LogP contribution < -0.4 is 5.56 Å². The average molecular weight is 396 g/mol. The van der Waals surface area contributed by atoms with Gasteiger partial charge in [0.2, 0.25) is 0 Å². The summed E-state index contributed by atoms with van der Waals surface area (Å²) < 4.78 is 6.93. The first-order chi connectivity index (χ1) is 13.5. The first-order valence-corrected chi connectivity index (χ1v) is 9.25. The fourth-order valence-corrected chi connectivity index (χ4v) is 3.39. The first-order valence-electron chi connectivity index (χ1n) is 8.88. The van der Waals surface area contributed by atoms with Gasteiger partial charge >= 0.3 is 0 Å². The van der Waals surface area contributed by atoms with Crippen LogP contribution in [0.15, 0.2) is 75.3 Å². The van der Waals surface area contributed by atoms with E-state index in [0.29, 0.717) is 22.8 Å². The summed E-state index contributed by atoms with van der Waals surface area (Å²) in [5, 5.41) is 6.61. The van der Waals surface area contributed by atoms with E-state index in [-0.39, 0.29) is 24.1 Å². The van der Waals surface area contributed by atoms with Crippen molar-refractivity contribution in [3.8, 4) is 0 Å². The fraction of sp³-hybridized carbons (Fsp3) is 0.190. The Kier molecular flexibility index (Phi) is 4.88. The van der Waals surface area contributed by atoms with Crippen LogP contribution in [0.1, 0.15) is 29.3 Å². The van der Waals surface area contributed by atoms with Crippen molar-refractivity contribution in [3.63, 3.8) is 0 Å². The number of aryl methyl sites for hydroxylation is 1. The van der Waals surface area contributed by atoms with Crippen molar-refractivity contribution in [2.45, 2.75) is 25.9 Å². The molecule has 6 nitrogen and oxygen atoms in total. The van der Waals surface area contributed by atoms with Gasteiger partial charge in [0, 0.05) is 23.2 Å². The predicted molar refractivity (Wildman–Crippen MR) is 106 cm³/mol. The van der Waals surface area contributed by atoms with Crippen molar-refractivity contribution in [1.29, 1.82) is 0 Å². The maximum atomic E-state index is 13.0. The molecule has 1 aliphatic heterocycles. The second-order valence-electron chi connectivity index (χ2n) is 6.65. The van der Waals surface area contributed by atoms with Crippen molar-refractivity contribution >= 4 is 23.2 Å². The zero-order valence-electron chi connectivity index (χ0n) is 15.2. The standard InChI is InChI=1S/C21H18ClN3O3/c1-14-4-2-10-24(21(14)27)13-20(26)25-18(19-5-3-11-28-19)12-17(23-25)15-6-8-16(22)9-7-15/h2-11,18H,12-13H2,1H3/t18-/m0/s1. The van der Waals surface area contributed by atoms with E-state index in [4.69, 9.17) is 16.0 Å². The van der Waals surface area contributed by atoms with Crippen molar-refractivity contribution in [2.75, 3.05) is 0 Å². The van der Waals surface area contributed by atoms with Gasteiger partial charge in [-0.2, -0.15) is 5.10 Å². The van der Waals surface area contributed by atoms with Gasteiger partial charge in [-0.15, -0.1) is 0 Å². The van der Waals surface area contributed by atoms with Gasteiger partial charge in [0.25, 0.3) is 11.5 Å². The number of benzene rings is 1. The molecule has 3 heterocycles. The molecule has 1 amide bonds. The molecule has 0 unspecified atom stereocenters. The largest absolute Gasteiger partial charge is 0.467 e. The van der Waals surface area contributed by atoms with Crippen LogP contribution in [0, 0.1) is 6.92 Å². The number of furan rings is 1. The van der Waals surface area contributed by atoms with E-state index < -0.39 is 0 Å². The maximum Gasteiger partial charge on any atom is 0.263 e. The van der Waals surface area contributed by atoms with E-state index >= 15 is 0 Å². The molecule has 0 spiro atoms. The highest BCUT2D eigenvalue weighted by molar-refractivity contribution is 6.30. The van der Waals surface area contributed by atoms with Gasteiger partial charge in [-0.3, -0.25) is 9.59 Å². The lowest BCUT2D eigenvalue weighted by Gasteiger charge is -2.20. The van der Waals surface area contributed by atoms with Gasteiger partial charge < -0.3 is 8.98 Å². The number of carbonyl (C=O) groups excluding carboxylic acids is 1. The fourth-order valence-electron chi connectivity index (χ4n) is 3.26. The molecule has 0 radical (unpaired) electrons. The number of amides is 1. The number of carbonyl (C=O) groups is 1. The summed E-state index contributed by atoms with van der Waals surface area (Å²) in [5.74, 6) is 0.371. The number of pyridine rings is 1. The molecule has 0 aliphatic carbocycles. The van der Waals surface area contributed by atoms with Crippen LogP contribution in [0.2, 0.25) is 5.02 Å². The lowest BCUT2D eigenvalue weighted by molar-refractivity contribution is -0.134. The zero-order chi connectivity index (χ0) is 19.7. The third kappa shape index (κ3) is 3.51. The van der Waals surface area contributed by atoms with Gasteiger partial charge in [0.15, 0.2) is 0 Å². The van der Waals surface area contributed by atoms with Crippen molar-refractivity contribution in [2.24, 2.45) is 5.10 Å². The minimum atomic E-state index is -0.353. The van der Waals surface area contributed by atoms with Crippen molar-refractivity contribution < 1.29 is 9.21 Å². The number of hydrogen-bond donors (Lipinski definition) is 0. The first kappa shape index (κ1) is 18.3. The number of aromatic nitrogens is 1. The van der Waals surface area contributed by atoms with E-state index in [1.54, 1.807) is 49.7 Å². The molecule has 2 aromatic heterocycles. The van der Waals surface area contributed by atoms with Crippen molar-refractivity contribution in [3.05, 3.63) is 93.3 Å². The molecular weight excluding hydrogens is 378 g/mol. The molecule has 7 heteroatoms. The Morgan fingerprint density at radius 2 is 2.00 bits per heavy atom. The molecule has 1 atom stereocenters. The number of nitrogens with zero attached hydrogens (tertiary/aromatic N) is 3. The van der Waals surface area contributed by atoms with Gasteiger partial charge in [-0.25, -0.2) is 5.01 Å². The molecule has 0 bridgehead atoms. The summed E-state index contributed by atoms with van der Waals surface area (Å²) in [4.78, 5) is 25.3. The van der Waals surface area contributed by atoms with E-state index in [0.717, 1.165) is 11.3 Å². The molecule has 0 saturated carbocycles. The summed E-state index contributed by atoms with van der Waals surface area (Å²) in [6.45, 7) is 1.64. The molecule has 1 aromatic carbocycles. The topological polar surface area (TPSA) is 67.8 Å². The third-order valence-corrected chi connectivity index (χ3v) is 4.98. The summed E-state index contributed by atoms with van der Waals surface area (Å²) >= 11 is 5.97.